The topological polar surface area (TPSA) is 127 Å². The van der Waals surface area contributed by atoms with Crippen LogP contribution in [0.2, 0.25) is 0 Å². The number of para-hydroxylation sites is 2. The number of benzene rings is 2. The van der Waals surface area contributed by atoms with E-state index in [1.54, 1.807) is 0 Å². The normalized spacial score (nSPS) is 11.2. The molecule has 0 aliphatic carbocycles. The van der Waals surface area contributed by atoms with Crippen molar-refractivity contribution in [3.63, 3.8) is 0 Å². The fourth-order valence-electron chi connectivity index (χ4n) is 2.28. The SMILES string of the molecule is O=[N+]([O-])c1ccccc1C(O)(CO)c1ccccc1[N+](=O)[O-]. The van der Waals surface area contributed by atoms with Gasteiger partial charge < -0.3 is 10.2 Å². The number of nitro groups is 2. The average Bonchev–Trinajstić information content (AvgIpc) is 2.54. The fraction of sp³-hybridized carbons (Fsp3) is 0.143. The van der Waals surface area contributed by atoms with Crippen LogP contribution in [0, 0.1) is 20.2 Å². The summed E-state index contributed by atoms with van der Waals surface area (Å²) in [6.45, 7) is -0.942. The molecule has 0 atom stereocenters. The number of hydrogen-bond acceptors (Lipinski definition) is 6. The molecule has 8 heteroatoms. The van der Waals surface area contributed by atoms with Gasteiger partial charge in [-0.15, -0.1) is 0 Å². The second-order valence-electron chi connectivity index (χ2n) is 4.57. The Labute approximate surface area is 124 Å². The van der Waals surface area contributed by atoms with Crippen molar-refractivity contribution in [1.82, 2.24) is 0 Å². The largest absolute Gasteiger partial charge is 0.393 e. The minimum atomic E-state index is -2.26. The molecule has 0 aliphatic heterocycles. The van der Waals surface area contributed by atoms with E-state index < -0.39 is 33.4 Å². The van der Waals surface area contributed by atoms with Crippen LogP contribution in [0.5, 0.6) is 0 Å². The molecule has 2 aromatic rings. The molecule has 0 heterocycles. The van der Waals surface area contributed by atoms with Crippen LogP contribution < -0.4 is 0 Å². The first-order valence-electron chi connectivity index (χ1n) is 6.23. The molecule has 8 nitrogen and oxygen atoms in total. The molecule has 0 unspecified atom stereocenters. The first-order valence-corrected chi connectivity index (χ1v) is 6.23. The Bertz CT molecular complexity index is 673. The lowest BCUT2D eigenvalue weighted by molar-refractivity contribution is -0.388. The third-order valence-corrected chi connectivity index (χ3v) is 3.32. The van der Waals surface area contributed by atoms with Gasteiger partial charge in [0.05, 0.1) is 27.6 Å². The Morgan fingerprint density at radius 1 is 0.864 bits per heavy atom. The maximum atomic E-state index is 11.1. The van der Waals surface area contributed by atoms with E-state index in [2.05, 4.69) is 0 Å². The van der Waals surface area contributed by atoms with Gasteiger partial charge in [0.15, 0.2) is 5.60 Å². The molecule has 0 bridgehead atoms. The zero-order chi connectivity index (χ0) is 16.3. The lowest BCUT2D eigenvalue weighted by atomic mass is 9.85. The maximum Gasteiger partial charge on any atom is 0.275 e. The molecule has 0 amide bonds. The molecule has 0 aromatic heterocycles. The van der Waals surface area contributed by atoms with Crippen LogP contribution in [-0.4, -0.2) is 26.7 Å². The van der Waals surface area contributed by atoms with Crippen LogP contribution in [0.15, 0.2) is 48.5 Å². The number of rotatable bonds is 5. The van der Waals surface area contributed by atoms with E-state index in [0.29, 0.717) is 0 Å². The molecule has 0 saturated heterocycles. The third kappa shape index (κ3) is 2.52. The first kappa shape index (κ1) is 15.5. The summed E-state index contributed by atoms with van der Waals surface area (Å²) in [5.41, 5.74) is -3.55. The highest BCUT2D eigenvalue weighted by molar-refractivity contribution is 5.54. The lowest BCUT2D eigenvalue weighted by Crippen LogP contribution is -2.33. The molecule has 22 heavy (non-hydrogen) atoms. The van der Waals surface area contributed by atoms with Crippen molar-refractivity contribution in [3.05, 3.63) is 79.9 Å². The van der Waals surface area contributed by atoms with Crippen LogP contribution in [0.25, 0.3) is 0 Å². The summed E-state index contributed by atoms with van der Waals surface area (Å²) in [5.74, 6) is 0. The number of nitro benzene ring substituents is 2. The number of hydrogen-bond donors (Lipinski definition) is 2. The Kier molecular flexibility index (Phi) is 4.15. The Morgan fingerprint density at radius 2 is 1.23 bits per heavy atom. The summed E-state index contributed by atoms with van der Waals surface area (Å²) in [5, 5.41) is 42.6. The summed E-state index contributed by atoms with van der Waals surface area (Å²) >= 11 is 0. The number of aliphatic hydroxyl groups is 2. The first-order chi connectivity index (χ1) is 10.4. The molecular formula is C14H12N2O6. The molecule has 114 valence electrons. The predicted molar refractivity (Wildman–Crippen MR) is 76.3 cm³/mol. The van der Waals surface area contributed by atoms with E-state index in [-0.39, 0.29) is 11.1 Å². The molecule has 0 saturated carbocycles. The van der Waals surface area contributed by atoms with Gasteiger partial charge in [-0.1, -0.05) is 24.3 Å². The van der Waals surface area contributed by atoms with E-state index in [4.69, 9.17) is 0 Å². The summed E-state index contributed by atoms with van der Waals surface area (Å²) in [6, 6.07) is 10.5. The van der Waals surface area contributed by atoms with E-state index in [1.807, 2.05) is 0 Å². The quantitative estimate of drug-likeness (QED) is 0.639. The molecular weight excluding hydrogens is 292 g/mol. The fourth-order valence-corrected chi connectivity index (χ4v) is 2.28. The Morgan fingerprint density at radius 3 is 1.55 bits per heavy atom. The van der Waals surface area contributed by atoms with E-state index >= 15 is 0 Å². The number of nitrogens with zero attached hydrogens (tertiary/aromatic N) is 2. The van der Waals surface area contributed by atoms with Gasteiger partial charge in [-0.25, -0.2) is 0 Å². The van der Waals surface area contributed by atoms with Gasteiger partial charge >= 0.3 is 0 Å². The van der Waals surface area contributed by atoms with Gasteiger partial charge in [0.2, 0.25) is 0 Å². The zero-order valence-corrected chi connectivity index (χ0v) is 11.2. The van der Waals surface area contributed by atoms with Crippen molar-refractivity contribution in [2.24, 2.45) is 0 Å². The van der Waals surface area contributed by atoms with Crippen LogP contribution in [-0.2, 0) is 5.60 Å². The van der Waals surface area contributed by atoms with Gasteiger partial charge in [-0.2, -0.15) is 0 Å². The zero-order valence-electron chi connectivity index (χ0n) is 11.2. The maximum absolute atomic E-state index is 11.1. The van der Waals surface area contributed by atoms with Gasteiger partial charge in [0.25, 0.3) is 11.4 Å². The van der Waals surface area contributed by atoms with Crippen LogP contribution in [0.3, 0.4) is 0 Å². The van der Waals surface area contributed by atoms with Crippen LogP contribution in [0.1, 0.15) is 11.1 Å². The summed E-state index contributed by atoms with van der Waals surface area (Å²) in [7, 11) is 0. The summed E-state index contributed by atoms with van der Waals surface area (Å²) in [4.78, 5) is 20.8. The van der Waals surface area contributed by atoms with Gasteiger partial charge in [-0.05, 0) is 12.1 Å². The van der Waals surface area contributed by atoms with E-state index in [1.165, 1.54) is 36.4 Å². The minimum absolute atomic E-state index is 0.211. The van der Waals surface area contributed by atoms with Gasteiger partial charge in [0.1, 0.15) is 0 Å². The predicted octanol–water partition coefficient (Wildman–Crippen LogP) is 1.73. The van der Waals surface area contributed by atoms with Gasteiger partial charge in [-0.3, -0.25) is 20.2 Å². The summed E-state index contributed by atoms with van der Waals surface area (Å²) < 4.78 is 0. The van der Waals surface area contributed by atoms with Crippen molar-refractivity contribution in [2.45, 2.75) is 5.60 Å². The molecule has 0 fully saturated rings. The van der Waals surface area contributed by atoms with Crippen molar-refractivity contribution in [3.8, 4) is 0 Å². The second kappa shape index (κ2) is 5.88. The highest BCUT2D eigenvalue weighted by Crippen LogP contribution is 2.39. The minimum Gasteiger partial charge on any atom is -0.393 e. The highest BCUT2D eigenvalue weighted by Gasteiger charge is 2.41. The lowest BCUT2D eigenvalue weighted by Gasteiger charge is -2.26. The molecule has 0 radical (unpaired) electrons. The molecule has 2 rings (SSSR count). The van der Waals surface area contributed by atoms with Crippen molar-refractivity contribution < 1.29 is 20.1 Å². The smallest absolute Gasteiger partial charge is 0.275 e. The third-order valence-electron chi connectivity index (χ3n) is 3.32. The monoisotopic (exact) mass is 304 g/mol. The average molecular weight is 304 g/mol. The standard InChI is InChI=1S/C14H12N2O6/c17-9-14(18,10-5-1-3-7-12(10)15(19)20)11-6-2-4-8-13(11)16(21)22/h1-8,17-18H,9H2. The van der Waals surface area contributed by atoms with E-state index in [9.17, 15) is 30.4 Å². The van der Waals surface area contributed by atoms with Gasteiger partial charge in [0, 0.05) is 12.1 Å². The molecule has 2 aromatic carbocycles. The molecule has 2 N–H and O–H groups in total. The van der Waals surface area contributed by atoms with Crippen molar-refractivity contribution in [1.29, 1.82) is 0 Å². The van der Waals surface area contributed by atoms with Crippen LogP contribution in [0.4, 0.5) is 11.4 Å². The van der Waals surface area contributed by atoms with Crippen molar-refractivity contribution >= 4 is 11.4 Å². The molecule has 0 spiro atoms. The van der Waals surface area contributed by atoms with Crippen molar-refractivity contribution in [2.75, 3.05) is 6.61 Å². The molecule has 0 aliphatic rings. The highest BCUT2D eigenvalue weighted by atomic mass is 16.6. The Balaban J connectivity index is 2.75. The van der Waals surface area contributed by atoms with E-state index in [0.717, 1.165) is 12.1 Å². The Hall–Kier alpha value is -2.84. The number of aliphatic hydroxyl groups excluding tert-OH is 1. The summed E-state index contributed by atoms with van der Waals surface area (Å²) in [6.07, 6.45) is 0. The van der Waals surface area contributed by atoms with Crippen LogP contribution >= 0.6 is 0 Å². The second-order valence-corrected chi connectivity index (χ2v) is 4.57.